The molecule has 0 bridgehead atoms. The monoisotopic (exact) mass is 390 g/mol. The molecule has 2 aromatic rings. The van der Waals surface area contributed by atoms with Gasteiger partial charge in [-0.2, -0.15) is 0 Å². The van der Waals surface area contributed by atoms with Gasteiger partial charge >= 0.3 is 0 Å². The molecule has 2 aromatic carbocycles. The third kappa shape index (κ3) is 3.68. The second-order valence-electron chi connectivity index (χ2n) is 6.73. The van der Waals surface area contributed by atoms with E-state index in [1.807, 2.05) is 4.90 Å². The van der Waals surface area contributed by atoms with E-state index in [1.165, 1.54) is 11.1 Å². The Kier molecular flexibility index (Phi) is 5.07. The van der Waals surface area contributed by atoms with Crippen molar-refractivity contribution in [1.29, 1.82) is 0 Å². The van der Waals surface area contributed by atoms with Crippen LogP contribution in [0.25, 0.3) is 0 Å². The van der Waals surface area contributed by atoms with Crippen molar-refractivity contribution in [2.24, 2.45) is 0 Å². The molecule has 1 saturated heterocycles. The fourth-order valence-electron chi connectivity index (χ4n) is 3.54. The minimum absolute atomic E-state index is 0.0492. The molecule has 6 heteroatoms. The number of ether oxygens (including phenoxy) is 1. The molecule has 136 valence electrons. The molecule has 0 radical (unpaired) electrons. The number of piperazine rings is 1. The van der Waals surface area contributed by atoms with Gasteiger partial charge in [0.2, 0.25) is 0 Å². The number of benzene rings is 2. The first-order valence-corrected chi connectivity index (χ1v) is 9.57. The van der Waals surface area contributed by atoms with Crippen molar-refractivity contribution >= 4 is 29.1 Å². The first kappa shape index (κ1) is 17.7. The second-order valence-corrected chi connectivity index (χ2v) is 7.58. The van der Waals surface area contributed by atoms with Crippen LogP contribution < -0.4 is 4.74 Å². The Morgan fingerprint density at radius 1 is 1.04 bits per heavy atom. The van der Waals surface area contributed by atoms with E-state index in [1.54, 1.807) is 18.2 Å². The maximum atomic E-state index is 12.7. The topological polar surface area (TPSA) is 32.8 Å². The fourth-order valence-corrected chi connectivity index (χ4v) is 3.91. The Bertz CT molecular complexity index is 833. The number of hydrogen-bond acceptors (Lipinski definition) is 3. The van der Waals surface area contributed by atoms with Crippen molar-refractivity contribution in [1.82, 2.24) is 9.80 Å². The van der Waals surface area contributed by atoms with E-state index in [4.69, 9.17) is 27.9 Å². The molecule has 4 nitrogen and oxygen atoms in total. The van der Waals surface area contributed by atoms with Crippen LogP contribution in [0.3, 0.4) is 0 Å². The predicted molar refractivity (Wildman–Crippen MR) is 103 cm³/mol. The Morgan fingerprint density at radius 3 is 2.65 bits per heavy atom. The highest BCUT2D eigenvalue weighted by Gasteiger charge is 2.24. The van der Waals surface area contributed by atoms with Crippen molar-refractivity contribution in [2.45, 2.75) is 13.0 Å². The molecule has 0 aliphatic carbocycles. The molecule has 2 aliphatic heterocycles. The van der Waals surface area contributed by atoms with Crippen molar-refractivity contribution < 1.29 is 9.53 Å². The zero-order chi connectivity index (χ0) is 18.1. The van der Waals surface area contributed by atoms with Crippen LogP contribution in [0.5, 0.6) is 5.75 Å². The van der Waals surface area contributed by atoms with Crippen LogP contribution in [-0.4, -0.2) is 48.5 Å². The van der Waals surface area contributed by atoms with Crippen LogP contribution in [0.2, 0.25) is 10.0 Å². The van der Waals surface area contributed by atoms with Gasteiger partial charge in [0.25, 0.3) is 5.91 Å². The molecule has 0 spiro atoms. The van der Waals surface area contributed by atoms with Crippen molar-refractivity contribution in [3.63, 3.8) is 0 Å². The van der Waals surface area contributed by atoms with Gasteiger partial charge < -0.3 is 9.64 Å². The largest absolute Gasteiger partial charge is 0.493 e. The lowest BCUT2D eigenvalue weighted by Gasteiger charge is -2.35. The summed E-state index contributed by atoms with van der Waals surface area (Å²) in [5.74, 6) is 0.967. The molecule has 1 fully saturated rings. The van der Waals surface area contributed by atoms with E-state index in [0.717, 1.165) is 38.4 Å². The smallest absolute Gasteiger partial charge is 0.255 e. The van der Waals surface area contributed by atoms with Crippen molar-refractivity contribution in [2.75, 3.05) is 32.8 Å². The first-order chi connectivity index (χ1) is 12.6. The van der Waals surface area contributed by atoms with E-state index in [2.05, 4.69) is 23.1 Å². The van der Waals surface area contributed by atoms with Crippen LogP contribution in [0, 0.1) is 0 Å². The second kappa shape index (κ2) is 7.47. The van der Waals surface area contributed by atoms with Crippen molar-refractivity contribution in [3.8, 4) is 5.75 Å². The van der Waals surface area contributed by atoms with E-state index in [9.17, 15) is 4.79 Å². The van der Waals surface area contributed by atoms with Crippen LogP contribution in [0.1, 0.15) is 21.5 Å². The highest BCUT2D eigenvalue weighted by Crippen LogP contribution is 2.27. The molecule has 0 saturated carbocycles. The molecule has 26 heavy (non-hydrogen) atoms. The molecule has 2 heterocycles. The predicted octanol–water partition coefficient (Wildman–Crippen LogP) is 3.89. The quantitative estimate of drug-likeness (QED) is 0.796. The number of halogens is 2. The summed E-state index contributed by atoms with van der Waals surface area (Å²) >= 11 is 12.2. The van der Waals surface area contributed by atoms with Gasteiger partial charge in [-0.15, -0.1) is 0 Å². The lowest BCUT2D eigenvalue weighted by Crippen LogP contribution is -2.48. The first-order valence-electron chi connectivity index (χ1n) is 8.81. The lowest BCUT2D eigenvalue weighted by atomic mass is 10.1. The van der Waals surface area contributed by atoms with Crippen LogP contribution in [0.4, 0.5) is 0 Å². The van der Waals surface area contributed by atoms with Gasteiger partial charge in [0.05, 0.1) is 17.2 Å². The van der Waals surface area contributed by atoms with Gasteiger partial charge in [0.15, 0.2) is 0 Å². The van der Waals surface area contributed by atoms with Crippen molar-refractivity contribution in [3.05, 3.63) is 63.1 Å². The summed E-state index contributed by atoms with van der Waals surface area (Å²) in [5, 5.41) is 0.971. The van der Waals surface area contributed by atoms with Crippen LogP contribution in [0.15, 0.2) is 36.4 Å². The number of rotatable bonds is 3. The molecule has 0 unspecified atom stereocenters. The molecule has 4 rings (SSSR count). The number of carbonyl (C=O) groups is 1. The Morgan fingerprint density at radius 2 is 1.85 bits per heavy atom. The Hall–Kier alpha value is -1.75. The van der Waals surface area contributed by atoms with E-state index in [-0.39, 0.29) is 5.91 Å². The van der Waals surface area contributed by atoms with Crippen LogP contribution in [-0.2, 0) is 13.0 Å². The Balaban J connectivity index is 1.36. The number of hydrogen-bond donors (Lipinski definition) is 0. The molecule has 0 atom stereocenters. The zero-order valence-corrected chi connectivity index (χ0v) is 15.9. The summed E-state index contributed by atoms with van der Waals surface area (Å²) in [6, 6.07) is 11.5. The summed E-state index contributed by atoms with van der Waals surface area (Å²) in [6.07, 6.45) is 0.992. The molecule has 0 aromatic heterocycles. The normalized spacial score (nSPS) is 17.1. The lowest BCUT2D eigenvalue weighted by molar-refractivity contribution is 0.0628. The molecule has 2 aliphatic rings. The van der Waals surface area contributed by atoms with E-state index in [0.29, 0.717) is 28.7 Å². The average Bonchev–Trinajstić information content (AvgIpc) is 3.11. The van der Waals surface area contributed by atoms with Gasteiger partial charge in [-0.3, -0.25) is 9.69 Å². The van der Waals surface area contributed by atoms with Gasteiger partial charge in [-0.1, -0.05) is 35.3 Å². The summed E-state index contributed by atoms with van der Waals surface area (Å²) < 4.78 is 5.57. The summed E-state index contributed by atoms with van der Waals surface area (Å²) in [7, 11) is 0. The SMILES string of the molecule is O=C(c1cc(Cl)ccc1Cl)N1CCN(Cc2ccc3c(c2)CCO3)CC1. The number of fused-ring (bicyclic) bond motifs is 1. The summed E-state index contributed by atoms with van der Waals surface area (Å²) in [6.45, 7) is 4.75. The summed E-state index contributed by atoms with van der Waals surface area (Å²) in [5.41, 5.74) is 3.07. The van der Waals surface area contributed by atoms with Gasteiger partial charge in [0, 0.05) is 44.2 Å². The highest BCUT2D eigenvalue weighted by molar-refractivity contribution is 6.35. The number of carbonyl (C=O) groups excluding carboxylic acids is 1. The number of nitrogens with zero attached hydrogens (tertiary/aromatic N) is 2. The van der Waals surface area contributed by atoms with E-state index >= 15 is 0 Å². The van der Waals surface area contributed by atoms with E-state index < -0.39 is 0 Å². The van der Waals surface area contributed by atoms with Crippen LogP contribution >= 0.6 is 23.2 Å². The molecular weight excluding hydrogens is 371 g/mol. The third-order valence-electron chi connectivity index (χ3n) is 4.98. The highest BCUT2D eigenvalue weighted by atomic mass is 35.5. The maximum Gasteiger partial charge on any atom is 0.255 e. The third-order valence-corrected chi connectivity index (χ3v) is 5.54. The summed E-state index contributed by atoms with van der Waals surface area (Å²) in [4.78, 5) is 16.9. The molecule has 0 N–H and O–H groups in total. The van der Waals surface area contributed by atoms with Gasteiger partial charge in [-0.25, -0.2) is 0 Å². The fraction of sp³-hybridized carbons (Fsp3) is 0.350. The zero-order valence-electron chi connectivity index (χ0n) is 14.4. The van der Waals surface area contributed by atoms with Gasteiger partial charge in [-0.05, 0) is 35.4 Å². The molecule has 1 amide bonds. The average molecular weight is 391 g/mol. The minimum atomic E-state index is -0.0492. The maximum absolute atomic E-state index is 12.7. The van der Waals surface area contributed by atoms with Gasteiger partial charge in [0.1, 0.15) is 5.75 Å². The minimum Gasteiger partial charge on any atom is -0.493 e. The molecular formula is C20H20Cl2N2O2. The number of amides is 1. The Labute approximate surface area is 163 Å². The standard InChI is InChI=1S/C20H20Cl2N2O2/c21-16-2-3-18(22)17(12-16)20(25)24-8-6-23(7-9-24)13-14-1-4-19-15(11-14)5-10-26-19/h1-4,11-12H,5-10,13H2.